The summed E-state index contributed by atoms with van der Waals surface area (Å²) in [7, 11) is 0. The third kappa shape index (κ3) is 2.22. The molecular formula is C18H20O4. The first kappa shape index (κ1) is 14.1. The van der Waals surface area contributed by atoms with Gasteiger partial charge in [0.1, 0.15) is 5.60 Å². The standard InChI is InChI=1S/C18H20O4/c19-16-10-14(13-6-2-1-3-7-13)11-18(20)15(16)12-17(21-22-18)8-4-5-9-17/h1-3,6-7,12,14,20H,4-5,8-11H2. The Morgan fingerprint density at radius 1 is 1.09 bits per heavy atom. The fourth-order valence-electron chi connectivity index (χ4n) is 3.94. The Balaban J connectivity index is 1.66. The molecule has 116 valence electrons. The molecule has 0 amide bonds. The van der Waals surface area contributed by atoms with Gasteiger partial charge in [0, 0.05) is 12.8 Å². The second-order valence-corrected chi connectivity index (χ2v) is 6.72. The first-order valence-electron chi connectivity index (χ1n) is 8.01. The maximum Gasteiger partial charge on any atom is 0.229 e. The van der Waals surface area contributed by atoms with Gasteiger partial charge in [0.2, 0.25) is 5.79 Å². The molecule has 1 heterocycles. The van der Waals surface area contributed by atoms with Crippen LogP contribution in [-0.4, -0.2) is 22.3 Å². The highest BCUT2D eigenvalue weighted by atomic mass is 17.2. The SMILES string of the molecule is O=C1CC(c2ccccc2)CC2(O)OOC3(C=C12)CCCC3. The van der Waals surface area contributed by atoms with Crippen LogP contribution in [0.2, 0.25) is 0 Å². The molecule has 22 heavy (non-hydrogen) atoms. The van der Waals surface area contributed by atoms with Crippen molar-refractivity contribution < 1.29 is 19.7 Å². The van der Waals surface area contributed by atoms with Crippen molar-refractivity contribution in [1.29, 1.82) is 0 Å². The molecule has 2 unspecified atom stereocenters. The van der Waals surface area contributed by atoms with E-state index in [0.717, 1.165) is 31.2 Å². The monoisotopic (exact) mass is 300 g/mol. The van der Waals surface area contributed by atoms with Gasteiger partial charge in [-0.25, -0.2) is 4.89 Å². The fraction of sp³-hybridized carbons (Fsp3) is 0.500. The van der Waals surface area contributed by atoms with E-state index in [9.17, 15) is 9.90 Å². The molecule has 0 radical (unpaired) electrons. The van der Waals surface area contributed by atoms with Crippen LogP contribution in [0.4, 0.5) is 0 Å². The lowest BCUT2D eigenvalue weighted by atomic mass is 9.75. The van der Waals surface area contributed by atoms with Gasteiger partial charge in [-0.3, -0.25) is 4.79 Å². The average Bonchev–Trinajstić information content (AvgIpc) is 2.98. The number of aliphatic hydroxyl groups is 1. The minimum Gasteiger partial charge on any atom is -0.360 e. The molecule has 0 bridgehead atoms. The summed E-state index contributed by atoms with van der Waals surface area (Å²) in [5.41, 5.74) is 0.942. The summed E-state index contributed by atoms with van der Waals surface area (Å²) in [6, 6.07) is 9.80. The van der Waals surface area contributed by atoms with E-state index < -0.39 is 11.4 Å². The number of ketones is 1. The third-order valence-electron chi connectivity index (χ3n) is 5.15. The topological polar surface area (TPSA) is 55.8 Å². The van der Waals surface area contributed by atoms with Crippen molar-refractivity contribution in [3.05, 3.63) is 47.5 Å². The zero-order valence-electron chi connectivity index (χ0n) is 12.5. The molecule has 2 fully saturated rings. The van der Waals surface area contributed by atoms with Crippen molar-refractivity contribution >= 4 is 5.78 Å². The molecule has 0 saturated heterocycles. The van der Waals surface area contributed by atoms with Crippen LogP contribution in [0.3, 0.4) is 0 Å². The van der Waals surface area contributed by atoms with E-state index in [4.69, 9.17) is 9.78 Å². The largest absolute Gasteiger partial charge is 0.360 e. The van der Waals surface area contributed by atoms with E-state index in [0.29, 0.717) is 18.4 Å². The first-order valence-corrected chi connectivity index (χ1v) is 8.01. The van der Waals surface area contributed by atoms with Gasteiger partial charge in [0.25, 0.3) is 0 Å². The van der Waals surface area contributed by atoms with Crippen LogP contribution < -0.4 is 0 Å². The molecule has 4 nitrogen and oxygen atoms in total. The molecule has 1 spiro atoms. The van der Waals surface area contributed by atoms with Gasteiger partial charge in [-0.1, -0.05) is 30.3 Å². The summed E-state index contributed by atoms with van der Waals surface area (Å²) >= 11 is 0. The molecule has 1 aromatic carbocycles. The Morgan fingerprint density at radius 3 is 2.55 bits per heavy atom. The molecular weight excluding hydrogens is 280 g/mol. The summed E-state index contributed by atoms with van der Waals surface area (Å²) < 4.78 is 0. The second kappa shape index (κ2) is 5.01. The summed E-state index contributed by atoms with van der Waals surface area (Å²) in [6.45, 7) is 0. The summed E-state index contributed by atoms with van der Waals surface area (Å²) in [5, 5.41) is 10.8. The Bertz CT molecular complexity index is 615. The van der Waals surface area contributed by atoms with Crippen molar-refractivity contribution in [2.75, 3.05) is 0 Å². The number of hydrogen-bond acceptors (Lipinski definition) is 4. The normalized spacial score (nSPS) is 33.6. The predicted molar refractivity (Wildman–Crippen MR) is 79.8 cm³/mol. The van der Waals surface area contributed by atoms with Crippen molar-refractivity contribution in [2.45, 2.75) is 55.8 Å². The number of benzene rings is 1. The Hall–Kier alpha value is -1.49. The minimum atomic E-state index is -1.61. The van der Waals surface area contributed by atoms with Crippen molar-refractivity contribution in [1.82, 2.24) is 0 Å². The van der Waals surface area contributed by atoms with Crippen LogP contribution in [0, 0.1) is 0 Å². The van der Waals surface area contributed by atoms with E-state index in [2.05, 4.69) is 0 Å². The van der Waals surface area contributed by atoms with Crippen LogP contribution in [0.5, 0.6) is 0 Å². The highest BCUT2D eigenvalue weighted by molar-refractivity contribution is 5.98. The number of carbonyl (C=O) groups is 1. The minimum absolute atomic E-state index is 0.0304. The third-order valence-corrected chi connectivity index (χ3v) is 5.15. The zero-order chi connectivity index (χ0) is 15.2. The van der Waals surface area contributed by atoms with E-state index in [-0.39, 0.29) is 11.7 Å². The maximum atomic E-state index is 12.6. The van der Waals surface area contributed by atoms with Gasteiger partial charge < -0.3 is 5.11 Å². The molecule has 1 aromatic rings. The van der Waals surface area contributed by atoms with Crippen LogP contribution in [0.15, 0.2) is 42.0 Å². The molecule has 4 rings (SSSR count). The summed E-state index contributed by atoms with van der Waals surface area (Å²) in [4.78, 5) is 23.5. The molecule has 4 heteroatoms. The van der Waals surface area contributed by atoms with Gasteiger partial charge >= 0.3 is 0 Å². The highest BCUT2D eigenvalue weighted by Gasteiger charge is 2.52. The zero-order valence-corrected chi connectivity index (χ0v) is 12.5. The van der Waals surface area contributed by atoms with Crippen LogP contribution in [-0.2, 0) is 14.6 Å². The number of rotatable bonds is 1. The van der Waals surface area contributed by atoms with Crippen LogP contribution in [0.25, 0.3) is 0 Å². The lowest BCUT2D eigenvalue weighted by molar-refractivity contribution is -0.450. The number of hydrogen-bond donors (Lipinski definition) is 1. The maximum absolute atomic E-state index is 12.6. The molecule has 2 atom stereocenters. The fourth-order valence-corrected chi connectivity index (χ4v) is 3.94. The van der Waals surface area contributed by atoms with Gasteiger partial charge in [0.15, 0.2) is 5.78 Å². The molecule has 2 saturated carbocycles. The van der Waals surface area contributed by atoms with Gasteiger partial charge in [0.05, 0.1) is 5.57 Å². The quantitative estimate of drug-likeness (QED) is 0.810. The summed E-state index contributed by atoms with van der Waals surface area (Å²) in [5.74, 6) is -1.68. The number of fused-ring (bicyclic) bond motifs is 1. The Labute approximate surface area is 129 Å². The highest BCUT2D eigenvalue weighted by Crippen LogP contribution is 2.48. The lowest BCUT2D eigenvalue weighted by Crippen LogP contribution is -2.50. The van der Waals surface area contributed by atoms with E-state index in [1.54, 1.807) is 0 Å². The van der Waals surface area contributed by atoms with Crippen molar-refractivity contribution in [3.63, 3.8) is 0 Å². The first-order chi connectivity index (χ1) is 10.6. The molecule has 0 aromatic heterocycles. The molecule has 1 aliphatic heterocycles. The van der Waals surface area contributed by atoms with E-state index in [1.807, 2.05) is 36.4 Å². The van der Waals surface area contributed by atoms with Gasteiger partial charge in [-0.15, -0.1) is 0 Å². The molecule has 3 aliphatic rings. The number of Topliss-reactive ketones (excluding diaryl/α,β-unsaturated/α-hetero) is 1. The Kier molecular flexibility index (Phi) is 3.22. The summed E-state index contributed by atoms with van der Waals surface area (Å²) in [6.07, 6.45) is 6.43. The molecule has 2 aliphatic carbocycles. The van der Waals surface area contributed by atoms with Gasteiger partial charge in [-0.05, 0) is 43.2 Å². The van der Waals surface area contributed by atoms with Crippen LogP contribution in [0.1, 0.15) is 50.0 Å². The van der Waals surface area contributed by atoms with Crippen LogP contribution >= 0.6 is 0 Å². The molecule has 1 N–H and O–H groups in total. The predicted octanol–water partition coefficient (Wildman–Crippen LogP) is 3.02. The average molecular weight is 300 g/mol. The van der Waals surface area contributed by atoms with Gasteiger partial charge in [-0.2, -0.15) is 4.89 Å². The smallest absolute Gasteiger partial charge is 0.229 e. The van der Waals surface area contributed by atoms with E-state index >= 15 is 0 Å². The van der Waals surface area contributed by atoms with Crippen molar-refractivity contribution in [2.24, 2.45) is 0 Å². The second-order valence-electron chi connectivity index (χ2n) is 6.72. The van der Waals surface area contributed by atoms with E-state index in [1.165, 1.54) is 0 Å². The Morgan fingerprint density at radius 2 is 1.82 bits per heavy atom. The van der Waals surface area contributed by atoms with Crippen molar-refractivity contribution in [3.8, 4) is 0 Å². The lowest BCUT2D eigenvalue weighted by Gasteiger charge is -2.43. The number of carbonyl (C=O) groups excluding carboxylic acids is 1.